The normalized spacial score (nSPS) is 11.5. The number of fused-ring (bicyclic) bond motifs is 1. The highest BCUT2D eigenvalue weighted by molar-refractivity contribution is 7.99. The van der Waals surface area contributed by atoms with Gasteiger partial charge in [0, 0.05) is 15.7 Å². The van der Waals surface area contributed by atoms with Crippen molar-refractivity contribution < 1.29 is 13.5 Å². The second-order valence-electron chi connectivity index (χ2n) is 7.04. The van der Waals surface area contributed by atoms with Gasteiger partial charge in [-0.1, -0.05) is 66.4 Å². The summed E-state index contributed by atoms with van der Waals surface area (Å²) in [6, 6.07) is 23.8. The van der Waals surface area contributed by atoms with Crippen LogP contribution in [0.2, 0.25) is 0 Å². The maximum atomic E-state index is 13.2. The van der Waals surface area contributed by atoms with Crippen molar-refractivity contribution in [3.05, 3.63) is 90.0 Å². The van der Waals surface area contributed by atoms with Crippen molar-refractivity contribution in [2.75, 3.05) is 4.72 Å². The Kier molecular flexibility index (Phi) is 5.45. The van der Waals surface area contributed by atoms with Crippen LogP contribution in [0.15, 0.2) is 93.5 Å². The quantitative estimate of drug-likeness (QED) is 0.371. The predicted octanol–water partition coefficient (Wildman–Crippen LogP) is 6.11. The molecular formula is C24H21NO3S2. The Hall–Kier alpha value is -2.96. The van der Waals surface area contributed by atoms with E-state index >= 15 is 0 Å². The molecule has 30 heavy (non-hydrogen) atoms. The number of sulfonamides is 1. The van der Waals surface area contributed by atoms with E-state index in [2.05, 4.69) is 4.72 Å². The van der Waals surface area contributed by atoms with Crippen molar-refractivity contribution in [2.24, 2.45) is 0 Å². The molecule has 0 amide bonds. The summed E-state index contributed by atoms with van der Waals surface area (Å²) in [5, 5.41) is 12.1. The SMILES string of the molecule is Cc1cccc(S(=O)(=O)Nc2cc(Sc3ccccc3)c(O)c3ccccc23)c1C. The van der Waals surface area contributed by atoms with Gasteiger partial charge in [-0.3, -0.25) is 4.72 Å². The lowest BCUT2D eigenvalue weighted by Crippen LogP contribution is -2.15. The highest BCUT2D eigenvalue weighted by Gasteiger charge is 2.21. The van der Waals surface area contributed by atoms with E-state index in [-0.39, 0.29) is 10.6 Å². The molecule has 4 aromatic rings. The van der Waals surface area contributed by atoms with Gasteiger partial charge in [-0.05, 0) is 49.2 Å². The van der Waals surface area contributed by atoms with Crippen LogP contribution in [-0.2, 0) is 10.0 Å². The van der Waals surface area contributed by atoms with Gasteiger partial charge in [0.1, 0.15) is 5.75 Å². The van der Waals surface area contributed by atoms with Crippen molar-refractivity contribution in [3.63, 3.8) is 0 Å². The molecule has 0 radical (unpaired) electrons. The van der Waals surface area contributed by atoms with Gasteiger partial charge in [0.2, 0.25) is 0 Å². The number of hydrogen-bond donors (Lipinski definition) is 2. The number of nitrogens with one attached hydrogen (secondary N) is 1. The van der Waals surface area contributed by atoms with Crippen LogP contribution in [-0.4, -0.2) is 13.5 Å². The number of phenols is 1. The van der Waals surface area contributed by atoms with E-state index < -0.39 is 10.0 Å². The molecular weight excluding hydrogens is 414 g/mol. The molecule has 0 aliphatic carbocycles. The summed E-state index contributed by atoms with van der Waals surface area (Å²) in [4.78, 5) is 1.78. The number of anilines is 1. The fourth-order valence-corrected chi connectivity index (χ4v) is 5.65. The Balaban J connectivity index is 1.84. The molecule has 0 saturated heterocycles. The van der Waals surface area contributed by atoms with Gasteiger partial charge in [-0.15, -0.1) is 0 Å². The first-order valence-electron chi connectivity index (χ1n) is 9.43. The highest BCUT2D eigenvalue weighted by atomic mass is 32.2. The van der Waals surface area contributed by atoms with Gasteiger partial charge in [0.25, 0.3) is 10.0 Å². The summed E-state index contributed by atoms with van der Waals surface area (Å²) in [7, 11) is -3.80. The van der Waals surface area contributed by atoms with E-state index in [4.69, 9.17) is 0 Å². The number of hydrogen-bond acceptors (Lipinski definition) is 4. The number of aromatic hydroxyl groups is 1. The summed E-state index contributed by atoms with van der Waals surface area (Å²) in [5.74, 6) is 0.133. The number of aryl methyl sites for hydroxylation is 1. The minimum atomic E-state index is -3.80. The smallest absolute Gasteiger partial charge is 0.262 e. The fourth-order valence-electron chi connectivity index (χ4n) is 3.33. The van der Waals surface area contributed by atoms with Crippen molar-refractivity contribution in [3.8, 4) is 5.75 Å². The van der Waals surface area contributed by atoms with Crippen LogP contribution in [0.1, 0.15) is 11.1 Å². The third-order valence-corrected chi connectivity index (χ3v) is 7.59. The topological polar surface area (TPSA) is 66.4 Å². The zero-order chi connectivity index (χ0) is 21.3. The average molecular weight is 436 g/mol. The zero-order valence-electron chi connectivity index (χ0n) is 16.6. The fraction of sp³-hybridized carbons (Fsp3) is 0.0833. The Morgan fingerprint density at radius 1 is 0.833 bits per heavy atom. The second-order valence-corrected chi connectivity index (χ2v) is 9.80. The van der Waals surface area contributed by atoms with E-state index in [0.29, 0.717) is 26.9 Å². The molecule has 0 atom stereocenters. The molecule has 0 saturated carbocycles. The maximum Gasteiger partial charge on any atom is 0.262 e. The Morgan fingerprint density at radius 2 is 1.50 bits per heavy atom. The van der Waals surface area contributed by atoms with Crippen LogP contribution in [0.5, 0.6) is 5.75 Å². The van der Waals surface area contributed by atoms with Crippen molar-refractivity contribution in [2.45, 2.75) is 28.5 Å². The highest BCUT2D eigenvalue weighted by Crippen LogP contribution is 2.43. The van der Waals surface area contributed by atoms with Crippen LogP contribution in [0, 0.1) is 13.8 Å². The lowest BCUT2D eigenvalue weighted by atomic mass is 10.1. The molecule has 0 aromatic heterocycles. The van der Waals surface area contributed by atoms with Crippen LogP contribution in [0.3, 0.4) is 0 Å². The lowest BCUT2D eigenvalue weighted by molar-refractivity contribution is 0.469. The van der Waals surface area contributed by atoms with Gasteiger partial charge >= 0.3 is 0 Å². The Labute approximate surface area is 180 Å². The summed E-state index contributed by atoms with van der Waals surface area (Å²) in [6.45, 7) is 3.69. The molecule has 0 spiro atoms. The standard InChI is InChI=1S/C24H21NO3S2/c1-16-9-8-14-23(17(16)2)30(27,28)25-21-15-22(29-18-10-4-3-5-11-18)24(26)20-13-7-6-12-19(20)21/h3-15,25-26H,1-2H3. The third kappa shape index (κ3) is 3.88. The summed E-state index contributed by atoms with van der Waals surface area (Å²) in [5.41, 5.74) is 2.06. The lowest BCUT2D eigenvalue weighted by Gasteiger charge is -2.16. The third-order valence-electron chi connectivity index (χ3n) is 5.04. The number of phenolic OH excluding ortho intramolecular Hbond substituents is 1. The first kappa shape index (κ1) is 20.3. The summed E-state index contributed by atoms with van der Waals surface area (Å²) < 4.78 is 29.1. The van der Waals surface area contributed by atoms with Crippen LogP contribution in [0.25, 0.3) is 10.8 Å². The molecule has 4 rings (SSSR count). The largest absolute Gasteiger partial charge is 0.506 e. The second kappa shape index (κ2) is 8.05. The molecule has 6 heteroatoms. The molecule has 0 aliphatic rings. The van der Waals surface area contributed by atoms with E-state index in [1.54, 1.807) is 37.3 Å². The number of benzene rings is 4. The molecule has 4 nitrogen and oxygen atoms in total. The summed E-state index contributed by atoms with van der Waals surface area (Å²) in [6.07, 6.45) is 0. The van der Waals surface area contributed by atoms with E-state index in [1.807, 2.05) is 55.5 Å². The first-order chi connectivity index (χ1) is 14.4. The van der Waals surface area contributed by atoms with E-state index in [9.17, 15) is 13.5 Å². The van der Waals surface area contributed by atoms with Gasteiger partial charge in [-0.25, -0.2) is 8.42 Å². The molecule has 4 aromatic carbocycles. The van der Waals surface area contributed by atoms with E-state index in [1.165, 1.54) is 11.8 Å². The van der Waals surface area contributed by atoms with Gasteiger partial charge in [-0.2, -0.15) is 0 Å². The minimum Gasteiger partial charge on any atom is -0.506 e. The predicted molar refractivity (Wildman–Crippen MR) is 123 cm³/mol. The monoisotopic (exact) mass is 435 g/mol. The average Bonchev–Trinajstić information content (AvgIpc) is 2.74. The van der Waals surface area contributed by atoms with Gasteiger partial charge in [0.05, 0.1) is 15.5 Å². The van der Waals surface area contributed by atoms with Crippen molar-refractivity contribution >= 4 is 38.2 Å². The first-order valence-corrected chi connectivity index (χ1v) is 11.7. The Bertz CT molecular complexity index is 1330. The number of rotatable bonds is 5. The molecule has 0 fully saturated rings. The Morgan fingerprint density at radius 3 is 2.23 bits per heavy atom. The minimum absolute atomic E-state index is 0.133. The van der Waals surface area contributed by atoms with Crippen LogP contribution >= 0.6 is 11.8 Å². The maximum absolute atomic E-state index is 13.2. The molecule has 0 heterocycles. The van der Waals surface area contributed by atoms with Gasteiger partial charge < -0.3 is 5.11 Å². The van der Waals surface area contributed by atoms with Crippen LogP contribution in [0.4, 0.5) is 5.69 Å². The molecule has 0 unspecified atom stereocenters. The van der Waals surface area contributed by atoms with E-state index in [0.717, 1.165) is 10.5 Å². The van der Waals surface area contributed by atoms with Crippen LogP contribution < -0.4 is 4.72 Å². The molecule has 0 aliphatic heterocycles. The van der Waals surface area contributed by atoms with Gasteiger partial charge in [0.15, 0.2) is 0 Å². The summed E-state index contributed by atoms with van der Waals surface area (Å²) >= 11 is 1.39. The zero-order valence-corrected chi connectivity index (χ0v) is 18.2. The molecule has 152 valence electrons. The van der Waals surface area contributed by atoms with Crippen molar-refractivity contribution in [1.29, 1.82) is 0 Å². The molecule has 2 N–H and O–H groups in total. The molecule has 0 bridgehead atoms. The van der Waals surface area contributed by atoms with Crippen molar-refractivity contribution in [1.82, 2.24) is 0 Å².